The maximum Gasteiger partial charge on any atom is 0.223 e. The lowest BCUT2D eigenvalue weighted by molar-refractivity contribution is -0.130. The molecule has 0 aromatic heterocycles. The van der Waals surface area contributed by atoms with Crippen molar-refractivity contribution in [2.75, 3.05) is 26.7 Å². The van der Waals surface area contributed by atoms with Gasteiger partial charge in [-0.2, -0.15) is 0 Å². The Morgan fingerprint density at radius 1 is 1.36 bits per heavy atom. The number of nitrogens with zero attached hydrogens (tertiary/aromatic N) is 1. The molecule has 14 heavy (non-hydrogen) atoms. The highest BCUT2D eigenvalue weighted by molar-refractivity contribution is 5.76. The first-order valence-corrected chi connectivity index (χ1v) is 5.73. The summed E-state index contributed by atoms with van der Waals surface area (Å²) in [5.41, 5.74) is 0. The van der Waals surface area contributed by atoms with E-state index in [1.54, 1.807) is 0 Å². The van der Waals surface area contributed by atoms with Gasteiger partial charge in [0.15, 0.2) is 0 Å². The quantitative estimate of drug-likeness (QED) is 0.726. The fraction of sp³-hybridized carbons (Fsp3) is 0.909. The smallest absolute Gasteiger partial charge is 0.223 e. The average Bonchev–Trinajstić information content (AvgIpc) is 2.72. The maximum atomic E-state index is 11.7. The molecule has 1 amide bonds. The maximum absolute atomic E-state index is 11.7. The highest BCUT2D eigenvalue weighted by Crippen LogP contribution is 2.37. The number of likely N-dealkylation sites (tertiary alicyclic amines) is 1. The number of hydrogen-bond donors (Lipinski definition) is 1. The fourth-order valence-electron chi connectivity index (χ4n) is 2.83. The zero-order valence-corrected chi connectivity index (χ0v) is 8.96. The summed E-state index contributed by atoms with van der Waals surface area (Å²) in [4.78, 5) is 13.8. The first-order valence-electron chi connectivity index (χ1n) is 5.73. The monoisotopic (exact) mass is 196 g/mol. The lowest BCUT2D eigenvalue weighted by atomic mass is 10.0. The zero-order valence-electron chi connectivity index (χ0n) is 8.96. The number of carbonyl (C=O) groups is 1. The van der Waals surface area contributed by atoms with Crippen LogP contribution in [0.3, 0.4) is 0 Å². The number of rotatable bonds is 3. The van der Waals surface area contributed by atoms with E-state index in [4.69, 9.17) is 0 Å². The molecule has 0 spiro atoms. The molecule has 1 aliphatic carbocycles. The van der Waals surface area contributed by atoms with Crippen molar-refractivity contribution in [1.29, 1.82) is 0 Å². The molecule has 0 radical (unpaired) electrons. The summed E-state index contributed by atoms with van der Waals surface area (Å²) < 4.78 is 0. The molecule has 1 N–H and O–H groups in total. The SMILES string of the molecule is CNCCC(=O)N1CC2CCCC2C1. The first kappa shape index (κ1) is 9.97. The molecular weight excluding hydrogens is 176 g/mol. The summed E-state index contributed by atoms with van der Waals surface area (Å²) in [5, 5.41) is 3.02. The van der Waals surface area contributed by atoms with Crippen molar-refractivity contribution in [1.82, 2.24) is 10.2 Å². The summed E-state index contributed by atoms with van der Waals surface area (Å²) in [6.07, 6.45) is 4.74. The molecule has 2 fully saturated rings. The van der Waals surface area contributed by atoms with Gasteiger partial charge in [0, 0.05) is 26.1 Å². The minimum absolute atomic E-state index is 0.341. The van der Waals surface area contributed by atoms with Gasteiger partial charge >= 0.3 is 0 Å². The Morgan fingerprint density at radius 2 is 2.00 bits per heavy atom. The minimum atomic E-state index is 0.341. The predicted octanol–water partition coefficient (Wildman–Crippen LogP) is 0.854. The Hall–Kier alpha value is -0.570. The van der Waals surface area contributed by atoms with Crippen LogP contribution in [0, 0.1) is 11.8 Å². The Morgan fingerprint density at radius 3 is 2.57 bits per heavy atom. The van der Waals surface area contributed by atoms with Crippen molar-refractivity contribution in [3.8, 4) is 0 Å². The summed E-state index contributed by atoms with van der Waals surface area (Å²) in [7, 11) is 1.89. The van der Waals surface area contributed by atoms with Crippen molar-refractivity contribution in [3.05, 3.63) is 0 Å². The van der Waals surface area contributed by atoms with E-state index in [9.17, 15) is 4.79 Å². The molecule has 2 unspecified atom stereocenters. The highest BCUT2D eigenvalue weighted by atomic mass is 16.2. The Kier molecular flexibility index (Phi) is 3.06. The normalized spacial score (nSPS) is 30.8. The van der Waals surface area contributed by atoms with Gasteiger partial charge in [-0.3, -0.25) is 4.79 Å². The molecule has 3 heteroatoms. The minimum Gasteiger partial charge on any atom is -0.342 e. The fourth-order valence-corrected chi connectivity index (χ4v) is 2.83. The standard InChI is InChI=1S/C11H20N2O/c1-12-6-5-11(14)13-7-9-3-2-4-10(9)8-13/h9-10,12H,2-8H2,1H3. The van der Waals surface area contributed by atoms with E-state index in [-0.39, 0.29) is 0 Å². The molecule has 80 valence electrons. The van der Waals surface area contributed by atoms with Crippen LogP contribution in [0.25, 0.3) is 0 Å². The van der Waals surface area contributed by atoms with Gasteiger partial charge in [0.05, 0.1) is 0 Å². The second-order valence-corrected chi connectivity index (χ2v) is 4.60. The Labute approximate surface area is 85.8 Å². The van der Waals surface area contributed by atoms with Gasteiger partial charge in [0.2, 0.25) is 5.91 Å². The van der Waals surface area contributed by atoms with Crippen LogP contribution in [0.1, 0.15) is 25.7 Å². The van der Waals surface area contributed by atoms with Crippen LogP contribution in [-0.2, 0) is 4.79 Å². The molecule has 2 rings (SSSR count). The van der Waals surface area contributed by atoms with E-state index in [1.807, 2.05) is 7.05 Å². The number of nitrogens with one attached hydrogen (secondary N) is 1. The Balaban J connectivity index is 1.80. The van der Waals surface area contributed by atoms with Gasteiger partial charge in [-0.1, -0.05) is 6.42 Å². The van der Waals surface area contributed by atoms with E-state index in [1.165, 1.54) is 19.3 Å². The molecule has 2 aliphatic rings. The van der Waals surface area contributed by atoms with Crippen LogP contribution in [0.5, 0.6) is 0 Å². The van der Waals surface area contributed by atoms with E-state index in [2.05, 4.69) is 10.2 Å². The number of carbonyl (C=O) groups excluding carboxylic acids is 1. The molecule has 0 bridgehead atoms. The molecule has 1 saturated carbocycles. The summed E-state index contributed by atoms with van der Waals surface area (Å²) in [5.74, 6) is 2.00. The van der Waals surface area contributed by atoms with Gasteiger partial charge in [-0.15, -0.1) is 0 Å². The van der Waals surface area contributed by atoms with Crippen molar-refractivity contribution in [3.63, 3.8) is 0 Å². The highest BCUT2D eigenvalue weighted by Gasteiger charge is 2.37. The first-order chi connectivity index (χ1) is 6.81. The third kappa shape index (κ3) is 1.92. The number of fused-ring (bicyclic) bond motifs is 1. The van der Waals surface area contributed by atoms with E-state index < -0.39 is 0 Å². The van der Waals surface area contributed by atoms with Crippen molar-refractivity contribution in [2.24, 2.45) is 11.8 Å². The van der Waals surface area contributed by atoms with Gasteiger partial charge < -0.3 is 10.2 Å². The van der Waals surface area contributed by atoms with E-state index in [0.29, 0.717) is 12.3 Å². The zero-order chi connectivity index (χ0) is 9.97. The second-order valence-electron chi connectivity index (χ2n) is 4.60. The van der Waals surface area contributed by atoms with Gasteiger partial charge in [0.25, 0.3) is 0 Å². The number of hydrogen-bond acceptors (Lipinski definition) is 2. The third-order valence-electron chi connectivity index (χ3n) is 3.67. The van der Waals surface area contributed by atoms with Crippen LogP contribution in [0.15, 0.2) is 0 Å². The van der Waals surface area contributed by atoms with Gasteiger partial charge in [0.1, 0.15) is 0 Å². The van der Waals surface area contributed by atoms with Gasteiger partial charge in [-0.05, 0) is 31.7 Å². The molecule has 1 aliphatic heterocycles. The lowest BCUT2D eigenvalue weighted by Gasteiger charge is -2.16. The second kappa shape index (κ2) is 4.30. The third-order valence-corrected chi connectivity index (χ3v) is 3.67. The molecule has 0 aromatic rings. The van der Waals surface area contributed by atoms with Crippen molar-refractivity contribution < 1.29 is 4.79 Å². The summed E-state index contributed by atoms with van der Waals surface area (Å²) in [6, 6.07) is 0. The van der Waals surface area contributed by atoms with Crippen molar-refractivity contribution in [2.45, 2.75) is 25.7 Å². The molecular formula is C11H20N2O. The predicted molar refractivity (Wildman–Crippen MR) is 56.0 cm³/mol. The van der Waals surface area contributed by atoms with Crippen LogP contribution in [0.4, 0.5) is 0 Å². The van der Waals surface area contributed by atoms with Crippen LogP contribution >= 0.6 is 0 Å². The van der Waals surface area contributed by atoms with Crippen LogP contribution < -0.4 is 5.32 Å². The van der Waals surface area contributed by atoms with E-state index >= 15 is 0 Å². The molecule has 1 saturated heterocycles. The molecule has 2 atom stereocenters. The molecule has 3 nitrogen and oxygen atoms in total. The number of amides is 1. The molecule has 1 heterocycles. The topological polar surface area (TPSA) is 32.3 Å². The summed E-state index contributed by atoms with van der Waals surface area (Å²) >= 11 is 0. The van der Waals surface area contributed by atoms with E-state index in [0.717, 1.165) is 31.5 Å². The van der Waals surface area contributed by atoms with Crippen LogP contribution in [0.2, 0.25) is 0 Å². The molecule has 0 aromatic carbocycles. The van der Waals surface area contributed by atoms with Crippen LogP contribution in [-0.4, -0.2) is 37.5 Å². The Bertz CT molecular complexity index is 205. The van der Waals surface area contributed by atoms with Crippen molar-refractivity contribution >= 4 is 5.91 Å². The lowest BCUT2D eigenvalue weighted by Crippen LogP contribution is -2.31. The largest absolute Gasteiger partial charge is 0.342 e. The van der Waals surface area contributed by atoms with Gasteiger partial charge in [-0.25, -0.2) is 0 Å². The summed E-state index contributed by atoms with van der Waals surface area (Å²) in [6.45, 7) is 2.88. The average molecular weight is 196 g/mol.